The number of carbonyl (C=O) groups excluding carboxylic acids is 1. The van der Waals surface area contributed by atoms with E-state index in [1.54, 1.807) is 54.7 Å². The number of nitro benzene ring substituents is 1. The first-order valence-electron chi connectivity index (χ1n) is 9.31. The Hall–Kier alpha value is -3.94. The molecule has 0 aliphatic carbocycles. The average molecular weight is 407 g/mol. The highest BCUT2D eigenvalue weighted by atomic mass is 16.6. The molecule has 0 unspecified atom stereocenters. The topological polar surface area (TPSA) is 104 Å². The van der Waals surface area contributed by atoms with E-state index in [9.17, 15) is 14.9 Å². The molecule has 0 bridgehead atoms. The van der Waals surface area contributed by atoms with E-state index < -0.39 is 10.8 Å². The third-order valence-electron chi connectivity index (χ3n) is 3.99. The van der Waals surface area contributed by atoms with Gasteiger partial charge in [0, 0.05) is 18.3 Å². The molecule has 0 aliphatic rings. The molecule has 1 aromatic heterocycles. The standard InChI is InChI=1S/C22H21N3O5/c1-15(2)30-18-9-10-20(29-14-16-6-5-7-17(12-16)25(27)28)19(13-18)22(26)24-21-8-3-4-11-23-21/h3-13,15H,14H2,1-2H3,(H,23,24,26). The average Bonchev–Trinajstić information content (AvgIpc) is 2.73. The lowest BCUT2D eigenvalue weighted by Gasteiger charge is -2.15. The lowest BCUT2D eigenvalue weighted by Crippen LogP contribution is -2.15. The van der Waals surface area contributed by atoms with Crippen LogP contribution in [0.2, 0.25) is 0 Å². The smallest absolute Gasteiger partial charge is 0.269 e. The molecule has 3 aromatic rings. The van der Waals surface area contributed by atoms with E-state index in [1.165, 1.54) is 12.1 Å². The Morgan fingerprint density at radius 2 is 1.97 bits per heavy atom. The van der Waals surface area contributed by atoms with Crippen molar-refractivity contribution in [1.82, 2.24) is 4.98 Å². The number of amides is 1. The van der Waals surface area contributed by atoms with E-state index in [-0.39, 0.29) is 24.0 Å². The summed E-state index contributed by atoms with van der Waals surface area (Å²) in [6.45, 7) is 3.84. The van der Waals surface area contributed by atoms with Crippen molar-refractivity contribution >= 4 is 17.4 Å². The number of anilines is 1. The zero-order valence-electron chi connectivity index (χ0n) is 16.6. The van der Waals surface area contributed by atoms with Gasteiger partial charge in [-0.1, -0.05) is 18.2 Å². The van der Waals surface area contributed by atoms with E-state index in [0.717, 1.165) is 0 Å². The number of hydrogen-bond acceptors (Lipinski definition) is 6. The second-order valence-electron chi connectivity index (χ2n) is 6.71. The summed E-state index contributed by atoms with van der Waals surface area (Å²) in [5.74, 6) is 0.851. The molecule has 0 atom stereocenters. The first-order chi connectivity index (χ1) is 14.4. The van der Waals surface area contributed by atoms with Gasteiger partial charge in [-0.2, -0.15) is 0 Å². The molecule has 1 amide bonds. The van der Waals surface area contributed by atoms with E-state index >= 15 is 0 Å². The van der Waals surface area contributed by atoms with Crippen molar-refractivity contribution in [2.75, 3.05) is 5.32 Å². The molecule has 0 fully saturated rings. The van der Waals surface area contributed by atoms with Crippen LogP contribution in [0.25, 0.3) is 0 Å². The third-order valence-corrected chi connectivity index (χ3v) is 3.99. The van der Waals surface area contributed by atoms with Crippen LogP contribution in [0.5, 0.6) is 11.5 Å². The van der Waals surface area contributed by atoms with E-state index in [4.69, 9.17) is 9.47 Å². The highest BCUT2D eigenvalue weighted by Gasteiger charge is 2.16. The summed E-state index contributed by atoms with van der Waals surface area (Å²) in [6.07, 6.45) is 1.52. The van der Waals surface area contributed by atoms with Crippen LogP contribution in [0.15, 0.2) is 66.9 Å². The number of aromatic nitrogens is 1. The van der Waals surface area contributed by atoms with Gasteiger partial charge in [0.15, 0.2) is 0 Å². The molecular weight excluding hydrogens is 386 g/mol. The third kappa shape index (κ3) is 5.54. The maximum absolute atomic E-state index is 12.9. The monoisotopic (exact) mass is 407 g/mol. The van der Waals surface area contributed by atoms with Gasteiger partial charge < -0.3 is 14.8 Å². The second kappa shape index (κ2) is 9.51. The normalized spacial score (nSPS) is 10.5. The maximum Gasteiger partial charge on any atom is 0.269 e. The van der Waals surface area contributed by atoms with Crippen LogP contribution in [0.3, 0.4) is 0 Å². The summed E-state index contributed by atoms with van der Waals surface area (Å²) in [4.78, 5) is 27.4. The van der Waals surface area contributed by atoms with Crippen LogP contribution < -0.4 is 14.8 Å². The predicted octanol–water partition coefficient (Wildman–Crippen LogP) is 4.61. The molecule has 1 N–H and O–H groups in total. The van der Waals surface area contributed by atoms with Crippen molar-refractivity contribution in [1.29, 1.82) is 0 Å². The molecule has 0 saturated carbocycles. The molecule has 8 heteroatoms. The number of pyridine rings is 1. The van der Waals surface area contributed by atoms with Crippen molar-refractivity contribution < 1.29 is 19.2 Å². The van der Waals surface area contributed by atoms with Crippen molar-refractivity contribution in [2.24, 2.45) is 0 Å². The van der Waals surface area contributed by atoms with Crippen molar-refractivity contribution in [2.45, 2.75) is 26.6 Å². The highest BCUT2D eigenvalue weighted by molar-refractivity contribution is 6.06. The zero-order valence-corrected chi connectivity index (χ0v) is 16.6. The molecule has 0 aliphatic heterocycles. The highest BCUT2D eigenvalue weighted by Crippen LogP contribution is 2.27. The summed E-state index contributed by atoms with van der Waals surface area (Å²) < 4.78 is 11.5. The Balaban J connectivity index is 1.84. The molecule has 8 nitrogen and oxygen atoms in total. The molecule has 154 valence electrons. The first-order valence-corrected chi connectivity index (χ1v) is 9.31. The zero-order chi connectivity index (χ0) is 21.5. The number of hydrogen-bond donors (Lipinski definition) is 1. The molecular formula is C22H21N3O5. The minimum absolute atomic E-state index is 0.0232. The Labute approximate surface area is 173 Å². The number of nitrogens with zero attached hydrogens (tertiary/aromatic N) is 2. The van der Waals surface area contributed by atoms with Crippen LogP contribution in [0.4, 0.5) is 11.5 Å². The number of nitro groups is 1. The Morgan fingerprint density at radius 1 is 1.13 bits per heavy atom. The van der Waals surface area contributed by atoms with Crippen molar-refractivity contribution in [3.05, 3.63) is 88.1 Å². The number of ether oxygens (including phenoxy) is 2. The van der Waals surface area contributed by atoms with E-state index in [2.05, 4.69) is 10.3 Å². The summed E-state index contributed by atoms with van der Waals surface area (Å²) in [7, 11) is 0. The van der Waals surface area contributed by atoms with Crippen LogP contribution in [0, 0.1) is 10.1 Å². The summed E-state index contributed by atoms with van der Waals surface area (Å²) in [5, 5.41) is 13.7. The van der Waals surface area contributed by atoms with Crippen LogP contribution in [0.1, 0.15) is 29.8 Å². The molecule has 3 rings (SSSR count). The van der Waals surface area contributed by atoms with Gasteiger partial charge >= 0.3 is 0 Å². The largest absolute Gasteiger partial charge is 0.491 e. The SMILES string of the molecule is CC(C)Oc1ccc(OCc2cccc([N+](=O)[O-])c2)c(C(=O)Nc2ccccn2)c1. The summed E-state index contributed by atoms with van der Waals surface area (Å²) >= 11 is 0. The van der Waals surface area contributed by atoms with Gasteiger partial charge in [0.25, 0.3) is 11.6 Å². The minimum atomic E-state index is -0.465. The van der Waals surface area contributed by atoms with Gasteiger partial charge in [0.2, 0.25) is 0 Å². The Morgan fingerprint density at radius 3 is 2.67 bits per heavy atom. The molecule has 0 saturated heterocycles. The van der Waals surface area contributed by atoms with Gasteiger partial charge in [-0.05, 0) is 49.7 Å². The van der Waals surface area contributed by atoms with Crippen LogP contribution in [-0.2, 0) is 6.61 Å². The molecule has 30 heavy (non-hydrogen) atoms. The number of nitrogens with one attached hydrogen (secondary N) is 1. The van der Waals surface area contributed by atoms with Gasteiger partial charge in [-0.3, -0.25) is 14.9 Å². The summed E-state index contributed by atoms with van der Waals surface area (Å²) in [6, 6.07) is 16.3. The molecule has 1 heterocycles. The van der Waals surface area contributed by atoms with Crippen molar-refractivity contribution in [3.8, 4) is 11.5 Å². The fraction of sp³-hybridized carbons (Fsp3) is 0.182. The molecule has 2 aromatic carbocycles. The van der Waals surface area contributed by atoms with Crippen LogP contribution in [-0.4, -0.2) is 21.9 Å². The van der Waals surface area contributed by atoms with E-state index in [1.807, 2.05) is 13.8 Å². The molecule has 0 spiro atoms. The van der Waals surface area contributed by atoms with Gasteiger partial charge in [-0.15, -0.1) is 0 Å². The molecule has 0 radical (unpaired) electrons. The van der Waals surface area contributed by atoms with E-state index in [0.29, 0.717) is 22.9 Å². The van der Waals surface area contributed by atoms with Gasteiger partial charge in [0.1, 0.15) is 23.9 Å². The number of non-ortho nitro benzene ring substituents is 1. The fourth-order valence-electron chi connectivity index (χ4n) is 2.70. The lowest BCUT2D eigenvalue weighted by atomic mass is 10.1. The first kappa shape index (κ1) is 20.8. The predicted molar refractivity (Wildman–Crippen MR) is 112 cm³/mol. The fourth-order valence-corrected chi connectivity index (χ4v) is 2.70. The van der Waals surface area contributed by atoms with Gasteiger partial charge in [0.05, 0.1) is 16.6 Å². The minimum Gasteiger partial charge on any atom is -0.491 e. The number of benzene rings is 2. The Kier molecular flexibility index (Phi) is 6.59. The quantitative estimate of drug-likeness (QED) is 0.432. The summed E-state index contributed by atoms with van der Waals surface area (Å²) in [5.41, 5.74) is 0.858. The number of rotatable bonds is 8. The Bertz CT molecular complexity index is 1040. The second-order valence-corrected chi connectivity index (χ2v) is 6.71. The maximum atomic E-state index is 12.9. The van der Waals surface area contributed by atoms with Gasteiger partial charge in [-0.25, -0.2) is 4.98 Å². The van der Waals surface area contributed by atoms with Crippen LogP contribution >= 0.6 is 0 Å². The lowest BCUT2D eigenvalue weighted by molar-refractivity contribution is -0.384. The number of carbonyl (C=O) groups is 1. The van der Waals surface area contributed by atoms with Crippen molar-refractivity contribution in [3.63, 3.8) is 0 Å².